The number of nitrogens with one attached hydrogen (secondary N) is 1. The molecule has 0 aromatic heterocycles. The molecule has 2 aromatic rings. The summed E-state index contributed by atoms with van der Waals surface area (Å²) in [5.74, 6) is 0.322. The third-order valence-corrected chi connectivity index (χ3v) is 2.95. The van der Waals surface area contributed by atoms with Crippen LogP contribution in [-0.2, 0) is 4.79 Å². The number of carbonyl (C=O) groups excluding carboxylic acids is 2. The van der Waals surface area contributed by atoms with E-state index in [1.807, 2.05) is 19.9 Å². The van der Waals surface area contributed by atoms with Crippen molar-refractivity contribution < 1.29 is 14.3 Å². The molecule has 0 heterocycles. The van der Waals surface area contributed by atoms with E-state index < -0.39 is 5.97 Å². The molecule has 0 saturated heterocycles. The second-order valence-corrected chi connectivity index (χ2v) is 5.43. The van der Waals surface area contributed by atoms with Crippen molar-refractivity contribution in [3.8, 4) is 5.75 Å². The normalized spacial score (nSPS) is 10.3. The Labute approximate surface area is 130 Å². The summed E-state index contributed by atoms with van der Waals surface area (Å²) >= 11 is 0. The van der Waals surface area contributed by atoms with Crippen LogP contribution in [0.25, 0.3) is 0 Å². The Balaban J connectivity index is 1.95. The lowest BCUT2D eigenvalue weighted by Gasteiger charge is -2.08. The second kappa shape index (κ2) is 7.41. The van der Waals surface area contributed by atoms with Gasteiger partial charge in [-0.05, 0) is 42.3 Å². The fourth-order valence-electron chi connectivity index (χ4n) is 1.93. The molecular weight excluding hydrogens is 278 g/mol. The van der Waals surface area contributed by atoms with Crippen LogP contribution in [0.3, 0.4) is 0 Å². The maximum atomic E-state index is 11.9. The zero-order chi connectivity index (χ0) is 15.9. The summed E-state index contributed by atoms with van der Waals surface area (Å²) in [7, 11) is 0. The van der Waals surface area contributed by atoms with Crippen LogP contribution in [0.4, 0.5) is 5.69 Å². The van der Waals surface area contributed by atoms with Crippen LogP contribution in [0.1, 0.15) is 30.6 Å². The van der Waals surface area contributed by atoms with Gasteiger partial charge in [-0.2, -0.15) is 0 Å². The molecule has 1 N–H and O–H groups in total. The number of carbonyl (C=O) groups is 2. The molecule has 2 rings (SSSR count). The van der Waals surface area contributed by atoms with Crippen molar-refractivity contribution in [1.82, 2.24) is 0 Å². The first-order chi connectivity index (χ1) is 10.5. The van der Waals surface area contributed by atoms with E-state index in [0.717, 1.165) is 0 Å². The maximum absolute atomic E-state index is 11.9. The molecule has 0 saturated carbocycles. The highest BCUT2D eigenvalue weighted by Crippen LogP contribution is 2.17. The van der Waals surface area contributed by atoms with Crippen LogP contribution in [0.2, 0.25) is 0 Å². The van der Waals surface area contributed by atoms with E-state index in [0.29, 0.717) is 29.3 Å². The van der Waals surface area contributed by atoms with E-state index in [2.05, 4.69) is 5.32 Å². The molecule has 22 heavy (non-hydrogen) atoms. The Morgan fingerprint density at radius 2 is 1.64 bits per heavy atom. The molecule has 0 aliphatic heterocycles. The number of hydrogen-bond acceptors (Lipinski definition) is 3. The lowest BCUT2D eigenvalue weighted by Crippen LogP contribution is -2.13. The van der Waals surface area contributed by atoms with Gasteiger partial charge >= 0.3 is 5.97 Å². The van der Waals surface area contributed by atoms with Crippen molar-refractivity contribution in [3.05, 3.63) is 60.2 Å². The molecule has 0 aliphatic carbocycles. The van der Waals surface area contributed by atoms with E-state index in [1.54, 1.807) is 48.5 Å². The smallest absolute Gasteiger partial charge is 0.343 e. The fourth-order valence-corrected chi connectivity index (χ4v) is 1.93. The highest BCUT2D eigenvalue weighted by atomic mass is 16.5. The third kappa shape index (κ3) is 4.74. The lowest BCUT2D eigenvalue weighted by atomic mass is 10.1. The maximum Gasteiger partial charge on any atom is 0.343 e. The number of ether oxygens (including phenoxy) is 1. The largest absolute Gasteiger partial charge is 0.423 e. The van der Waals surface area contributed by atoms with Crippen molar-refractivity contribution >= 4 is 17.6 Å². The Morgan fingerprint density at radius 1 is 1.00 bits per heavy atom. The van der Waals surface area contributed by atoms with Crippen LogP contribution in [-0.4, -0.2) is 11.9 Å². The molecule has 0 radical (unpaired) electrons. The molecule has 0 atom stereocenters. The van der Waals surface area contributed by atoms with Gasteiger partial charge in [0.1, 0.15) is 5.75 Å². The fraction of sp³-hybridized carbons (Fsp3) is 0.222. The summed E-state index contributed by atoms with van der Waals surface area (Å²) in [6, 6.07) is 15.5. The van der Waals surface area contributed by atoms with E-state index in [9.17, 15) is 9.59 Å². The summed E-state index contributed by atoms with van der Waals surface area (Å²) in [6.07, 6.45) is 0.477. The minimum absolute atomic E-state index is 0.0240. The molecule has 0 aliphatic rings. The molecule has 1 amide bonds. The summed E-state index contributed by atoms with van der Waals surface area (Å²) in [5.41, 5.74) is 1.18. The van der Waals surface area contributed by atoms with Crippen molar-refractivity contribution in [2.24, 2.45) is 5.92 Å². The number of rotatable bonds is 5. The first kappa shape index (κ1) is 15.8. The Morgan fingerprint density at radius 3 is 2.23 bits per heavy atom. The lowest BCUT2D eigenvalue weighted by molar-refractivity contribution is -0.116. The molecule has 4 nitrogen and oxygen atoms in total. The average Bonchev–Trinajstić information content (AvgIpc) is 2.49. The molecule has 0 spiro atoms. The quantitative estimate of drug-likeness (QED) is 0.673. The van der Waals surface area contributed by atoms with Gasteiger partial charge in [0.2, 0.25) is 5.91 Å². The van der Waals surface area contributed by atoms with Gasteiger partial charge in [0, 0.05) is 12.1 Å². The molecule has 4 heteroatoms. The highest BCUT2D eigenvalue weighted by Gasteiger charge is 2.08. The van der Waals surface area contributed by atoms with Gasteiger partial charge in [-0.25, -0.2) is 4.79 Å². The molecule has 114 valence electrons. The van der Waals surface area contributed by atoms with Crippen molar-refractivity contribution in [2.75, 3.05) is 5.32 Å². The van der Waals surface area contributed by atoms with Gasteiger partial charge < -0.3 is 10.1 Å². The van der Waals surface area contributed by atoms with E-state index in [4.69, 9.17) is 4.74 Å². The zero-order valence-corrected chi connectivity index (χ0v) is 12.7. The Bertz CT molecular complexity index is 633. The third-order valence-electron chi connectivity index (χ3n) is 2.95. The van der Waals surface area contributed by atoms with Crippen LogP contribution in [0.5, 0.6) is 5.75 Å². The molecule has 0 fully saturated rings. The summed E-state index contributed by atoms with van der Waals surface area (Å²) in [5, 5.41) is 2.81. The number of esters is 1. The van der Waals surface area contributed by atoms with E-state index in [1.165, 1.54) is 0 Å². The standard InChI is InChI=1S/C18H19NO3/c1-13(2)12-17(20)19-15-8-10-16(11-9-15)22-18(21)14-6-4-3-5-7-14/h3-11,13H,12H2,1-2H3,(H,19,20). The molecule has 2 aromatic carbocycles. The van der Waals surface area contributed by atoms with Gasteiger partial charge in [-0.3, -0.25) is 4.79 Å². The van der Waals surface area contributed by atoms with E-state index >= 15 is 0 Å². The summed E-state index contributed by atoms with van der Waals surface area (Å²) < 4.78 is 5.27. The second-order valence-electron chi connectivity index (χ2n) is 5.43. The van der Waals surface area contributed by atoms with Gasteiger partial charge in [-0.1, -0.05) is 32.0 Å². The first-order valence-corrected chi connectivity index (χ1v) is 7.22. The molecule has 0 bridgehead atoms. The number of amides is 1. The number of anilines is 1. The Hall–Kier alpha value is -2.62. The van der Waals surface area contributed by atoms with Gasteiger partial charge in [-0.15, -0.1) is 0 Å². The minimum atomic E-state index is -0.405. The summed E-state index contributed by atoms with van der Waals surface area (Å²) in [6.45, 7) is 3.98. The van der Waals surface area contributed by atoms with Crippen LogP contribution in [0, 0.1) is 5.92 Å². The topological polar surface area (TPSA) is 55.4 Å². The summed E-state index contributed by atoms with van der Waals surface area (Å²) in [4.78, 5) is 23.6. The number of benzene rings is 2. The minimum Gasteiger partial charge on any atom is -0.423 e. The van der Waals surface area contributed by atoms with Crippen molar-refractivity contribution in [2.45, 2.75) is 20.3 Å². The van der Waals surface area contributed by atoms with Crippen LogP contribution < -0.4 is 10.1 Å². The zero-order valence-electron chi connectivity index (χ0n) is 12.7. The monoisotopic (exact) mass is 297 g/mol. The van der Waals surface area contributed by atoms with E-state index in [-0.39, 0.29) is 5.91 Å². The first-order valence-electron chi connectivity index (χ1n) is 7.22. The molecule has 0 unspecified atom stereocenters. The van der Waals surface area contributed by atoms with Gasteiger partial charge in [0.25, 0.3) is 0 Å². The number of hydrogen-bond donors (Lipinski definition) is 1. The van der Waals surface area contributed by atoms with Crippen molar-refractivity contribution in [1.29, 1.82) is 0 Å². The molecular formula is C18H19NO3. The SMILES string of the molecule is CC(C)CC(=O)Nc1ccc(OC(=O)c2ccccc2)cc1. The predicted molar refractivity (Wildman–Crippen MR) is 85.9 cm³/mol. The Kier molecular flexibility index (Phi) is 5.31. The van der Waals surface area contributed by atoms with Gasteiger partial charge in [0.05, 0.1) is 5.56 Å². The highest BCUT2D eigenvalue weighted by molar-refractivity contribution is 5.92. The van der Waals surface area contributed by atoms with Gasteiger partial charge in [0.15, 0.2) is 0 Å². The van der Waals surface area contributed by atoms with Crippen LogP contribution >= 0.6 is 0 Å². The predicted octanol–water partition coefficient (Wildman–Crippen LogP) is 3.89. The average molecular weight is 297 g/mol. The van der Waals surface area contributed by atoms with Crippen molar-refractivity contribution in [3.63, 3.8) is 0 Å². The van der Waals surface area contributed by atoms with Crippen LogP contribution in [0.15, 0.2) is 54.6 Å².